The van der Waals surface area contributed by atoms with Crippen molar-refractivity contribution in [2.45, 2.75) is 235 Å². The number of nitrogens with two attached hydrogens (primary N) is 1. The Morgan fingerprint density at radius 2 is 1.59 bits per heavy atom. The van der Waals surface area contributed by atoms with Crippen LogP contribution in [0.4, 0.5) is 21.4 Å². The average molecular weight is 1650 g/mol. The highest BCUT2D eigenvalue weighted by Gasteiger charge is 2.66. The second-order valence-corrected chi connectivity index (χ2v) is 37.9. The number of benzene rings is 3. The molecule has 116 heavy (non-hydrogen) atoms. The number of carboxylic acids is 2. The fraction of sp³-hybridized carbons (Fsp3) is 0.554. The summed E-state index contributed by atoms with van der Waals surface area (Å²) in [6.07, 6.45) is 1.62. The second kappa shape index (κ2) is 35.7. The number of aromatic nitrogens is 4. The van der Waals surface area contributed by atoms with Gasteiger partial charge in [-0.1, -0.05) is 119 Å². The third-order valence-corrected chi connectivity index (χ3v) is 27.1. The SMILES string of the molecule is CCCC[C]([Al])(CCC)SC1CC(=O)N(CC(=O)N[C@H](C(=O)N[C@@H](C)C(=O)Nc2ccc(COC(=O)N(CCOC34CC5(C)CC(C)(CC(Cn6ncc(-c7ccc(N8CCc9cccc(C(=O)Nc%10nc%11ccccc%11s%10)c9C8)nc7C(=O)O)c6C)(C5)C3)C4)CCC(N)=O)c(CC[C@@H]3O[C@H](C(=O)O)[C@@H](O)[C@H](O)[C@H]3O)c2)C(C)C)C1=O. The molecule has 3 aromatic heterocycles. The zero-order valence-corrected chi connectivity index (χ0v) is 69.6. The Morgan fingerprint density at radius 3 is 2.28 bits per heavy atom. The maximum Gasteiger partial charge on any atom is 0.410 e. The molecule has 4 aliphatic carbocycles. The maximum atomic E-state index is 14.4. The summed E-state index contributed by atoms with van der Waals surface area (Å²) in [5.74, 6) is -6.92. The van der Waals surface area contributed by atoms with Crippen LogP contribution in [0.25, 0.3) is 21.3 Å². The smallest absolute Gasteiger partial charge is 0.410 e. The van der Waals surface area contributed by atoms with Crippen molar-refractivity contribution in [1.82, 2.24) is 40.2 Å². The number of aliphatic hydroxyl groups excluding tert-OH is 3. The summed E-state index contributed by atoms with van der Waals surface area (Å²) < 4.78 is 21.3. The van der Waals surface area contributed by atoms with Crippen LogP contribution in [-0.4, -0.2) is 221 Å². The molecule has 8 amide bonds. The van der Waals surface area contributed by atoms with E-state index in [0.29, 0.717) is 71.2 Å². The summed E-state index contributed by atoms with van der Waals surface area (Å²) in [5, 5.41) is 68.7. The standard InChI is InChI=1S/C83H105N12O18S2.Al/c1-9-11-17-53(15-10-2)114-61-34-65(98)94(75(61)105)37-64(97)90-66(46(3)4)74(104)86-47(5)72(102)87-52-23-21-51(50(33-52)22-25-59-68(99)69(100)70(101)71(113-59)77(108)109)38-111-79(110)92(30-28-62(84)96)31-32-112-83-42-80(7)39-81(8,43-83)41-82(40-80,44-83)45-95-48(6)56(35-85-95)54-24-26-63(89-67(54)76(106)107)93-29-27-49-16-14-18-55(57(49)36-93)73(103)91-78-88-58-19-12-13-20-60(58)115-78;/h12-14,16,18-21,23-24,26,33,35,46-47,59,61,66,68-71,99-101H,9-11,15,17,22,25,27-32,34,36-45H2,1-8H3,(H2,84,96)(H,86,104)(H,87,102)(H,90,97)(H,106,107)(H,108,109)(H,88,91,103);/t47-,59-,61?,66-,68-,69+,70-,71-,80?,81?,82?,83?;/m0./s1. The van der Waals surface area contributed by atoms with Crippen LogP contribution in [0.15, 0.2) is 79.0 Å². The molecule has 4 bridgehead atoms. The van der Waals surface area contributed by atoms with Gasteiger partial charge in [0.15, 0.2) is 16.9 Å². The number of anilines is 3. The molecular formula is C83H105AlN12O18S2. The minimum Gasteiger partial charge on any atom is -0.479 e. The number of nitrogens with one attached hydrogen (secondary N) is 4. The number of aryl methyl sites for hydroxylation is 1. The van der Waals surface area contributed by atoms with Crippen LogP contribution in [0.3, 0.4) is 0 Å². The molecule has 4 unspecified atom stereocenters. The summed E-state index contributed by atoms with van der Waals surface area (Å²) in [7, 11) is 0. The van der Waals surface area contributed by atoms with E-state index in [-0.39, 0.29) is 82.5 Å². The number of amides is 8. The summed E-state index contributed by atoms with van der Waals surface area (Å²) in [4.78, 5) is 148. The number of carbonyl (C=O) groups is 10. The molecular weight excluding hydrogens is 1540 g/mol. The number of hydrogen-bond donors (Lipinski definition) is 10. The van der Waals surface area contributed by atoms with Gasteiger partial charge in [-0.2, -0.15) is 16.9 Å². The molecule has 6 heterocycles. The molecule has 620 valence electrons. The number of aliphatic hydroxyl groups is 3. The van der Waals surface area contributed by atoms with Gasteiger partial charge in [0.1, 0.15) is 65.7 Å². The first kappa shape index (κ1) is 86.4. The number of aromatic carboxylic acids is 1. The molecule has 33 heteroatoms. The molecule has 3 aliphatic heterocycles. The Labute approximate surface area is 689 Å². The molecule has 11 atom stereocenters. The molecule has 2 saturated heterocycles. The second-order valence-electron chi connectivity index (χ2n) is 33.7. The third-order valence-electron chi connectivity index (χ3n) is 23.6. The lowest BCUT2D eigenvalue weighted by atomic mass is 9.39. The number of thioether (sulfide) groups is 1. The van der Waals surface area contributed by atoms with Crippen molar-refractivity contribution in [3.63, 3.8) is 0 Å². The zero-order chi connectivity index (χ0) is 83.5. The molecule has 30 nitrogen and oxygen atoms in total. The normalized spacial score (nSPS) is 25.1. The number of fused-ring (bicyclic) bond motifs is 2. The van der Waals surface area contributed by atoms with Gasteiger partial charge in [0.2, 0.25) is 35.4 Å². The fourth-order valence-electron chi connectivity index (χ4n) is 19.2. The monoisotopic (exact) mass is 1650 g/mol. The Morgan fingerprint density at radius 1 is 0.836 bits per heavy atom. The lowest BCUT2D eigenvalue weighted by Gasteiger charge is -2.69. The van der Waals surface area contributed by atoms with Gasteiger partial charge in [-0.3, -0.25) is 48.5 Å². The average Bonchev–Trinajstić information content (AvgIpc) is 0.704. The van der Waals surface area contributed by atoms with Crippen LogP contribution in [0.5, 0.6) is 0 Å². The first-order chi connectivity index (χ1) is 55.0. The van der Waals surface area contributed by atoms with E-state index in [1.807, 2.05) is 59.0 Å². The number of hydrogen-bond acceptors (Lipinski definition) is 22. The Bertz CT molecular complexity index is 4700. The first-order valence-corrected chi connectivity index (χ1v) is 42.2. The number of likely N-dealkylation sites (tertiary alicyclic amines) is 1. The number of primary amides is 1. The van der Waals surface area contributed by atoms with Crippen molar-refractivity contribution < 1.29 is 87.7 Å². The first-order valence-electron chi connectivity index (χ1n) is 39.9. The predicted octanol–water partition coefficient (Wildman–Crippen LogP) is 8.19. The molecule has 13 rings (SSSR count). The number of unbranched alkanes of at least 4 members (excludes halogenated alkanes) is 1. The number of para-hydroxylation sites is 1. The minimum atomic E-state index is -1.95. The van der Waals surface area contributed by atoms with E-state index in [9.17, 15) is 73.5 Å². The van der Waals surface area contributed by atoms with Gasteiger partial charge in [-0.15, -0.1) is 0 Å². The Kier molecular flexibility index (Phi) is 26.6. The van der Waals surface area contributed by atoms with Crippen molar-refractivity contribution in [2.75, 3.05) is 48.3 Å². The highest BCUT2D eigenvalue weighted by molar-refractivity contribution is 8.03. The highest BCUT2D eigenvalue weighted by Crippen LogP contribution is 2.72. The molecule has 3 aromatic carbocycles. The Hall–Kier alpha value is -8.91. The molecule has 4 saturated carbocycles. The van der Waals surface area contributed by atoms with Gasteiger partial charge < -0.3 is 71.2 Å². The van der Waals surface area contributed by atoms with Crippen molar-refractivity contribution >= 4 is 126 Å². The zero-order valence-electron chi connectivity index (χ0n) is 66.8. The number of thiazole rings is 1. The fourth-order valence-corrected chi connectivity index (χ4v) is 22.6. The molecule has 6 fully saturated rings. The molecule has 7 aliphatic rings. The van der Waals surface area contributed by atoms with E-state index >= 15 is 0 Å². The summed E-state index contributed by atoms with van der Waals surface area (Å²) in [6, 6.07) is 19.1. The van der Waals surface area contributed by atoms with Gasteiger partial charge in [0.25, 0.3) is 5.91 Å². The minimum absolute atomic E-state index is 0.00570. The third kappa shape index (κ3) is 19.6. The number of carboxylic acid groups (broad SMARTS) is 2. The van der Waals surface area contributed by atoms with Crippen LogP contribution in [0.1, 0.15) is 187 Å². The van der Waals surface area contributed by atoms with Crippen LogP contribution in [0.2, 0.25) is 0 Å². The van der Waals surface area contributed by atoms with Crippen LogP contribution in [0, 0.1) is 29.1 Å². The van der Waals surface area contributed by atoms with E-state index in [1.165, 1.54) is 41.0 Å². The van der Waals surface area contributed by atoms with E-state index in [2.05, 4.69) is 70.2 Å². The number of imide groups is 1. The molecule has 2 radical (unpaired) electrons. The summed E-state index contributed by atoms with van der Waals surface area (Å²) in [6.45, 7) is 15.8. The number of nitrogens with zero attached hydrogens (tertiary/aromatic N) is 7. The lowest BCUT2D eigenvalue weighted by molar-refractivity contribution is -0.248. The number of rotatable bonds is 35. The van der Waals surface area contributed by atoms with Crippen molar-refractivity contribution in [3.8, 4) is 11.1 Å². The van der Waals surface area contributed by atoms with Crippen LogP contribution >= 0.6 is 23.1 Å². The number of ether oxygens (including phenoxy) is 3. The van der Waals surface area contributed by atoms with Crippen molar-refractivity contribution in [1.29, 1.82) is 0 Å². The van der Waals surface area contributed by atoms with Gasteiger partial charge in [0, 0.05) is 73.6 Å². The van der Waals surface area contributed by atoms with Gasteiger partial charge in [-0.05, 0) is 159 Å². The van der Waals surface area contributed by atoms with Gasteiger partial charge in [-0.25, -0.2) is 24.4 Å². The predicted molar refractivity (Wildman–Crippen MR) is 434 cm³/mol. The molecule has 0 spiro atoms. The highest BCUT2D eigenvalue weighted by atomic mass is 32.2. The number of pyridine rings is 1. The van der Waals surface area contributed by atoms with E-state index in [4.69, 9.17) is 30.0 Å². The van der Waals surface area contributed by atoms with Crippen LogP contribution < -0.4 is 31.9 Å². The molecule has 11 N–H and O–H groups in total. The lowest BCUT2D eigenvalue weighted by Crippen LogP contribution is -2.64. The summed E-state index contributed by atoms with van der Waals surface area (Å²) >= 11 is 5.71. The van der Waals surface area contributed by atoms with Gasteiger partial charge in [0.05, 0.1) is 40.0 Å². The number of carbonyl (C=O) groups excluding carboxylic acids is 8. The van der Waals surface area contributed by atoms with E-state index in [0.717, 1.165) is 96.1 Å². The molecule has 6 aromatic rings. The largest absolute Gasteiger partial charge is 0.479 e. The van der Waals surface area contributed by atoms with Gasteiger partial charge >= 0.3 is 18.0 Å². The number of aliphatic carboxylic acids is 1. The Balaban J connectivity index is 0.696. The summed E-state index contributed by atoms with van der Waals surface area (Å²) in [5.41, 5.74) is 10.3. The van der Waals surface area contributed by atoms with Crippen molar-refractivity contribution in [3.05, 3.63) is 118 Å². The van der Waals surface area contributed by atoms with Crippen molar-refractivity contribution in [2.24, 2.45) is 27.9 Å². The van der Waals surface area contributed by atoms with Crippen LogP contribution in [-0.2, 0) is 80.3 Å². The van der Waals surface area contributed by atoms with E-state index < -0.39 is 126 Å². The topological polar surface area (TPSA) is 427 Å². The maximum absolute atomic E-state index is 14.4. The van der Waals surface area contributed by atoms with E-state index in [1.54, 1.807) is 44.3 Å². The quantitative estimate of drug-likeness (QED) is 0.0132.